The minimum Gasteiger partial charge on any atom is -0.364 e. The molecule has 1 saturated heterocycles. The summed E-state index contributed by atoms with van der Waals surface area (Å²) in [5.41, 5.74) is 5.01. The van der Waals surface area contributed by atoms with Crippen molar-refractivity contribution in [1.82, 2.24) is 9.24 Å². The van der Waals surface area contributed by atoms with Crippen molar-refractivity contribution in [3.05, 3.63) is 38.0 Å². The van der Waals surface area contributed by atoms with Gasteiger partial charge in [-0.2, -0.15) is 4.68 Å². The molecule has 146 valence electrons. The van der Waals surface area contributed by atoms with E-state index in [0.29, 0.717) is 10.4 Å². The average Bonchev–Trinajstić information content (AvgIpc) is 3.36. The van der Waals surface area contributed by atoms with E-state index < -0.39 is 35.7 Å². The number of benzene rings is 1. The van der Waals surface area contributed by atoms with Gasteiger partial charge in [-0.05, 0) is 31.9 Å². The molecule has 4 rings (SSSR count). The van der Waals surface area contributed by atoms with Crippen molar-refractivity contribution < 1.29 is 8.78 Å². The molecule has 0 spiro atoms. The third-order valence-corrected chi connectivity index (χ3v) is 5.82. The molecule has 2 aromatic rings. The van der Waals surface area contributed by atoms with Gasteiger partial charge in [0.05, 0.1) is 34.1 Å². The molecule has 27 heavy (non-hydrogen) atoms. The summed E-state index contributed by atoms with van der Waals surface area (Å²) in [5.74, 6) is 1.65. The number of hydrogen-bond donors (Lipinski definition) is 2. The van der Waals surface area contributed by atoms with Crippen molar-refractivity contribution in [2.45, 2.75) is 37.8 Å². The number of halogens is 3. The number of nitrogens with two attached hydrogens (primary N) is 2. The highest BCUT2D eigenvalue weighted by atomic mass is 35.5. The van der Waals surface area contributed by atoms with Gasteiger partial charge < -0.3 is 16.5 Å². The first-order valence-corrected chi connectivity index (χ1v) is 9.14. The van der Waals surface area contributed by atoms with E-state index in [1.54, 1.807) is 6.92 Å². The highest BCUT2D eigenvalue weighted by Gasteiger charge is 2.50. The molecule has 2 aliphatic rings. The summed E-state index contributed by atoms with van der Waals surface area (Å²) < 4.78 is 30.7. The van der Waals surface area contributed by atoms with E-state index >= 15 is 0 Å². The Morgan fingerprint density at radius 2 is 1.96 bits per heavy atom. The topological polar surface area (TPSA) is 99.3 Å². The Labute approximate surface area is 158 Å². The Kier molecular flexibility index (Phi) is 4.01. The Morgan fingerprint density at radius 1 is 1.30 bits per heavy atom. The molecule has 7 nitrogen and oxygen atoms in total. The third-order valence-electron chi connectivity index (χ3n) is 5.45. The number of aromatic nitrogens is 2. The molecule has 2 heterocycles. The quantitative estimate of drug-likeness (QED) is 0.757. The fraction of sp³-hybridized carbons (Fsp3) is 0.529. The minimum absolute atomic E-state index is 0.0392. The highest BCUT2D eigenvalue weighted by molar-refractivity contribution is 6.37. The van der Waals surface area contributed by atoms with Gasteiger partial charge in [0.15, 0.2) is 0 Å². The van der Waals surface area contributed by atoms with E-state index in [4.69, 9.17) is 23.2 Å². The molecule has 10 heteroatoms. The summed E-state index contributed by atoms with van der Waals surface area (Å²) in [7, 11) is 0. The molecule has 2 atom stereocenters. The molecule has 2 fully saturated rings. The average molecular weight is 400 g/mol. The Morgan fingerprint density at radius 3 is 2.52 bits per heavy atom. The molecule has 0 bridgehead atoms. The van der Waals surface area contributed by atoms with Crippen LogP contribution in [0.2, 0.25) is 5.02 Å². The second kappa shape index (κ2) is 5.93. The van der Waals surface area contributed by atoms with Crippen LogP contribution >= 0.6 is 11.6 Å². The van der Waals surface area contributed by atoms with Gasteiger partial charge >= 0.3 is 5.69 Å². The van der Waals surface area contributed by atoms with Gasteiger partial charge in [-0.25, -0.2) is 13.6 Å². The number of anilines is 1. The lowest BCUT2D eigenvalue weighted by molar-refractivity contribution is -0.0273. The summed E-state index contributed by atoms with van der Waals surface area (Å²) in [6.45, 7) is 1.07. The van der Waals surface area contributed by atoms with E-state index in [2.05, 4.69) is 0 Å². The van der Waals surface area contributed by atoms with Crippen LogP contribution in [0.5, 0.6) is 0 Å². The molecule has 1 aliphatic heterocycles. The highest BCUT2D eigenvalue weighted by Crippen LogP contribution is 2.43. The molecule has 1 aromatic carbocycles. The first-order chi connectivity index (χ1) is 12.6. The predicted octanol–water partition coefficient (Wildman–Crippen LogP) is 1.28. The van der Waals surface area contributed by atoms with Crippen molar-refractivity contribution in [2.24, 2.45) is 11.7 Å². The zero-order valence-electron chi connectivity index (χ0n) is 14.7. The van der Waals surface area contributed by atoms with Crippen LogP contribution in [0.1, 0.15) is 25.8 Å². The number of nitrogens with zero attached hydrogens (tertiary/aromatic N) is 3. The smallest absolute Gasteiger partial charge is 0.350 e. The molecular weight excluding hydrogens is 380 g/mol. The second-order valence-electron chi connectivity index (χ2n) is 7.46. The number of nitrogen functional groups attached to an aromatic ring is 1. The van der Waals surface area contributed by atoms with E-state index in [1.807, 2.05) is 0 Å². The maximum Gasteiger partial charge on any atom is 0.350 e. The van der Waals surface area contributed by atoms with Crippen molar-refractivity contribution in [1.29, 1.82) is 0 Å². The summed E-state index contributed by atoms with van der Waals surface area (Å²) in [6.07, 6.45) is 1.53. The minimum atomic E-state index is -2.96. The lowest BCUT2D eigenvalue weighted by Crippen LogP contribution is -2.44. The molecule has 2 unspecified atom stereocenters. The molecule has 0 radical (unpaired) electrons. The van der Waals surface area contributed by atoms with Gasteiger partial charge in [0.25, 0.3) is 11.5 Å². The van der Waals surface area contributed by atoms with Gasteiger partial charge in [-0.15, -0.1) is 0 Å². The Hall–Kier alpha value is -2.13. The fourth-order valence-electron chi connectivity index (χ4n) is 3.85. The van der Waals surface area contributed by atoms with Gasteiger partial charge in [0, 0.05) is 18.6 Å². The summed E-state index contributed by atoms with van der Waals surface area (Å²) >= 11 is 6.55. The summed E-state index contributed by atoms with van der Waals surface area (Å²) in [6, 6.07) is 2.23. The van der Waals surface area contributed by atoms with Crippen molar-refractivity contribution in [3.8, 4) is 0 Å². The zero-order chi connectivity index (χ0) is 19.7. The third kappa shape index (κ3) is 2.71. The maximum absolute atomic E-state index is 14.3. The van der Waals surface area contributed by atoms with Crippen LogP contribution in [0.4, 0.5) is 14.5 Å². The molecule has 1 aromatic heterocycles. The SMILES string of the molecule is CC(N)C1CN(c2ccc3c(=O)n(N)c(=O)n(C4CC4)c3c2Cl)CC1(F)F. The van der Waals surface area contributed by atoms with E-state index in [1.165, 1.54) is 21.6 Å². The normalized spacial score (nSPS) is 23.1. The first-order valence-electron chi connectivity index (χ1n) is 8.76. The monoisotopic (exact) mass is 399 g/mol. The van der Waals surface area contributed by atoms with E-state index in [0.717, 1.165) is 12.8 Å². The van der Waals surface area contributed by atoms with Crippen LogP contribution in [-0.4, -0.2) is 34.3 Å². The van der Waals surface area contributed by atoms with E-state index in [-0.39, 0.29) is 28.5 Å². The standard InChI is InChI=1S/C17H20ClF2N5O2/c1-8(21)11-6-23(7-17(11,19)20)12-5-4-10-14(13(12)18)24(9-2-3-9)16(27)25(22)15(10)26/h4-5,8-9,11H,2-3,6-7,21-22H2,1H3. The molecule has 4 N–H and O–H groups in total. The molecule has 1 saturated carbocycles. The second-order valence-corrected chi connectivity index (χ2v) is 7.84. The molecule has 0 amide bonds. The molecule has 1 aliphatic carbocycles. The number of rotatable bonds is 3. The van der Waals surface area contributed by atoms with Crippen molar-refractivity contribution >= 4 is 28.2 Å². The van der Waals surface area contributed by atoms with Crippen molar-refractivity contribution in [3.63, 3.8) is 0 Å². The summed E-state index contributed by atoms with van der Waals surface area (Å²) in [4.78, 5) is 26.4. The fourth-order valence-corrected chi connectivity index (χ4v) is 4.22. The lowest BCUT2D eigenvalue weighted by Gasteiger charge is -2.22. The first kappa shape index (κ1) is 18.2. The van der Waals surface area contributed by atoms with E-state index in [9.17, 15) is 18.4 Å². The number of alkyl halides is 2. The van der Waals surface area contributed by atoms with Gasteiger partial charge in [0.2, 0.25) is 0 Å². The van der Waals surface area contributed by atoms with Gasteiger partial charge in [-0.3, -0.25) is 9.36 Å². The Balaban J connectivity index is 1.91. The zero-order valence-corrected chi connectivity index (χ0v) is 15.4. The van der Waals surface area contributed by atoms with Crippen LogP contribution in [0.3, 0.4) is 0 Å². The van der Waals surface area contributed by atoms with Crippen LogP contribution < -0.4 is 27.7 Å². The van der Waals surface area contributed by atoms with Crippen LogP contribution in [-0.2, 0) is 0 Å². The number of fused-ring (bicyclic) bond motifs is 1. The van der Waals surface area contributed by atoms with Crippen LogP contribution in [0.25, 0.3) is 10.9 Å². The maximum atomic E-state index is 14.3. The van der Waals surface area contributed by atoms with Gasteiger partial charge in [-0.1, -0.05) is 11.6 Å². The predicted molar refractivity (Wildman–Crippen MR) is 100 cm³/mol. The van der Waals surface area contributed by atoms with Crippen LogP contribution in [0.15, 0.2) is 21.7 Å². The largest absolute Gasteiger partial charge is 0.364 e. The molecular formula is C17H20ClF2N5O2. The summed E-state index contributed by atoms with van der Waals surface area (Å²) in [5, 5.41) is 0.294. The van der Waals surface area contributed by atoms with Crippen LogP contribution in [0, 0.1) is 5.92 Å². The Bertz CT molecular complexity index is 1040. The van der Waals surface area contributed by atoms with Crippen molar-refractivity contribution in [2.75, 3.05) is 23.8 Å². The van der Waals surface area contributed by atoms with Gasteiger partial charge in [0.1, 0.15) is 0 Å². The number of hydrogen-bond acceptors (Lipinski definition) is 5. The lowest BCUT2D eigenvalue weighted by atomic mass is 9.98.